The number of aliphatic imine (C=N–C) groups is 1. The highest BCUT2D eigenvalue weighted by molar-refractivity contribution is 5.85. The van der Waals surface area contributed by atoms with Crippen LogP contribution in [-0.2, 0) is 0 Å². The van der Waals surface area contributed by atoms with Crippen LogP contribution in [0, 0.1) is 0 Å². The minimum absolute atomic E-state index is 1.10. The zero-order valence-electron chi connectivity index (χ0n) is 11.0. The lowest BCUT2D eigenvalue weighted by atomic mass is 10.1. The summed E-state index contributed by atoms with van der Waals surface area (Å²) in [7, 11) is 0. The lowest BCUT2D eigenvalue weighted by Crippen LogP contribution is -1.98. The molecule has 0 fully saturated rings. The summed E-state index contributed by atoms with van der Waals surface area (Å²) in [6.45, 7) is 8.87. The summed E-state index contributed by atoms with van der Waals surface area (Å²) in [6, 6.07) is 0. The van der Waals surface area contributed by atoms with E-state index in [0.29, 0.717) is 0 Å². The van der Waals surface area contributed by atoms with E-state index in [2.05, 4.69) is 33.8 Å². The van der Waals surface area contributed by atoms with Crippen molar-refractivity contribution < 1.29 is 0 Å². The standard InChI is InChI=1S/C14H27N/c1-5-9-13(10-6-2)15-14(11-7-3)12-8-4/h9H,5-8,10-12H2,1-4H3/b13-9+. The third kappa shape index (κ3) is 7.35. The summed E-state index contributed by atoms with van der Waals surface area (Å²) >= 11 is 0. The lowest BCUT2D eigenvalue weighted by molar-refractivity contribution is 0.862. The molecule has 0 aliphatic carbocycles. The Hall–Kier alpha value is -0.590. The maximum atomic E-state index is 4.81. The van der Waals surface area contributed by atoms with Gasteiger partial charge < -0.3 is 0 Å². The van der Waals surface area contributed by atoms with Gasteiger partial charge in [0.15, 0.2) is 0 Å². The van der Waals surface area contributed by atoms with Crippen molar-refractivity contribution in [3.05, 3.63) is 11.8 Å². The highest BCUT2D eigenvalue weighted by Gasteiger charge is 1.99. The van der Waals surface area contributed by atoms with E-state index >= 15 is 0 Å². The Bertz CT molecular complexity index is 193. The molecule has 0 aromatic heterocycles. The van der Waals surface area contributed by atoms with E-state index in [0.717, 1.165) is 12.8 Å². The average Bonchev–Trinajstić information content (AvgIpc) is 2.19. The molecule has 0 spiro atoms. The molecule has 15 heavy (non-hydrogen) atoms. The molecule has 88 valence electrons. The van der Waals surface area contributed by atoms with Crippen molar-refractivity contribution in [1.82, 2.24) is 0 Å². The number of rotatable bonds is 8. The van der Waals surface area contributed by atoms with Gasteiger partial charge in [0.1, 0.15) is 0 Å². The number of hydrogen-bond donors (Lipinski definition) is 0. The maximum Gasteiger partial charge on any atom is 0.0363 e. The van der Waals surface area contributed by atoms with Crippen molar-refractivity contribution in [1.29, 1.82) is 0 Å². The molecule has 0 aliphatic heterocycles. The second-order valence-corrected chi connectivity index (χ2v) is 4.03. The Balaban J connectivity index is 4.49. The molecule has 0 amide bonds. The van der Waals surface area contributed by atoms with Gasteiger partial charge >= 0.3 is 0 Å². The van der Waals surface area contributed by atoms with Crippen LogP contribution in [0.15, 0.2) is 16.8 Å². The lowest BCUT2D eigenvalue weighted by Gasteiger charge is -2.06. The molecule has 0 radical (unpaired) electrons. The molecule has 1 heteroatoms. The third-order valence-corrected chi connectivity index (χ3v) is 2.32. The second kappa shape index (κ2) is 9.95. The Labute approximate surface area is 95.7 Å². The fourth-order valence-electron chi connectivity index (χ4n) is 1.71. The van der Waals surface area contributed by atoms with E-state index in [1.807, 2.05) is 0 Å². The number of nitrogens with zero attached hydrogens (tertiary/aromatic N) is 1. The van der Waals surface area contributed by atoms with E-state index in [1.54, 1.807) is 0 Å². The first kappa shape index (κ1) is 14.4. The van der Waals surface area contributed by atoms with Gasteiger partial charge in [-0.15, -0.1) is 0 Å². The van der Waals surface area contributed by atoms with Gasteiger partial charge in [-0.2, -0.15) is 0 Å². The Morgan fingerprint density at radius 3 is 1.80 bits per heavy atom. The maximum absolute atomic E-state index is 4.81. The fourth-order valence-corrected chi connectivity index (χ4v) is 1.71. The summed E-state index contributed by atoms with van der Waals surface area (Å²) in [5.41, 5.74) is 2.70. The van der Waals surface area contributed by atoms with Crippen molar-refractivity contribution >= 4 is 5.71 Å². The van der Waals surface area contributed by atoms with Crippen molar-refractivity contribution in [3.8, 4) is 0 Å². The third-order valence-electron chi connectivity index (χ3n) is 2.32. The molecule has 0 unspecified atom stereocenters. The molecule has 0 saturated heterocycles. The van der Waals surface area contributed by atoms with Crippen LogP contribution in [0.1, 0.15) is 72.6 Å². The summed E-state index contributed by atoms with van der Waals surface area (Å²) in [4.78, 5) is 4.81. The molecule has 0 N–H and O–H groups in total. The van der Waals surface area contributed by atoms with Crippen molar-refractivity contribution in [3.63, 3.8) is 0 Å². The Morgan fingerprint density at radius 2 is 1.40 bits per heavy atom. The largest absolute Gasteiger partial charge is 0.263 e. The van der Waals surface area contributed by atoms with Crippen LogP contribution >= 0.6 is 0 Å². The van der Waals surface area contributed by atoms with E-state index < -0.39 is 0 Å². The van der Waals surface area contributed by atoms with Gasteiger partial charge in [0, 0.05) is 11.4 Å². The molecule has 1 nitrogen and oxygen atoms in total. The van der Waals surface area contributed by atoms with E-state index in [-0.39, 0.29) is 0 Å². The second-order valence-electron chi connectivity index (χ2n) is 4.03. The van der Waals surface area contributed by atoms with Crippen LogP contribution in [0.5, 0.6) is 0 Å². The van der Waals surface area contributed by atoms with E-state index in [4.69, 9.17) is 4.99 Å². The fraction of sp³-hybridized carbons (Fsp3) is 0.786. The molecular formula is C14H27N. The average molecular weight is 209 g/mol. The quantitative estimate of drug-likeness (QED) is 0.492. The summed E-state index contributed by atoms with van der Waals surface area (Å²) in [5.74, 6) is 0. The molecule has 0 aromatic carbocycles. The molecule has 0 bridgehead atoms. The van der Waals surface area contributed by atoms with Gasteiger partial charge in [-0.25, -0.2) is 0 Å². The van der Waals surface area contributed by atoms with E-state index in [9.17, 15) is 0 Å². The molecular weight excluding hydrogens is 182 g/mol. The van der Waals surface area contributed by atoms with Crippen molar-refractivity contribution in [2.75, 3.05) is 0 Å². The monoisotopic (exact) mass is 209 g/mol. The van der Waals surface area contributed by atoms with Crippen LogP contribution in [0.2, 0.25) is 0 Å². The first-order chi connectivity index (χ1) is 7.28. The zero-order valence-corrected chi connectivity index (χ0v) is 11.0. The van der Waals surface area contributed by atoms with Crippen LogP contribution in [-0.4, -0.2) is 5.71 Å². The summed E-state index contributed by atoms with van der Waals surface area (Å²) < 4.78 is 0. The highest BCUT2D eigenvalue weighted by atomic mass is 14.8. The summed E-state index contributed by atoms with van der Waals surface area (Å²) in [5, 5.41) is 0. The first-order valence-corrected chi connectivity index (χ1v) is 6.53. The predicted molar refractivity (Wildman–Crippen MR) is 70.5 cm³/mol. The topological polar surface area (TPSA) is 12.4 Å². The van der Waals surface area contributed by atoms with Gasteiger partial charge in [0.05, 0.1) is 0 Å². The van der Waals surface area contributed by atoms with Crippen molar-refractivity contribution in [2.45, 2.75) is 72.6 Å². The molecule has 0 saturated carbocycles. The van der Waals surface area contributed by atoms with Gasteiger partial charge in [-0.1, -0.05) is 53.0 Å². The van der Waals surface area contributed by atoms with Crippen LogP contribution in [0.4, 0.5) is 0 Å². The SMILES string of the molecule is CC/C=C(\CCC)N=C(CCC)CCC. The Morgan fingerprint density at radius 1 is 0.867 bits per heavy atom. The zero-order chi connectivity index (χ0) is 11.5. The van der Waals surface area contributed by atoms with Crippen LogP contribution in [0.3, 0.4) is 0 Å². The Kier molecular flexibility index (Phi) is 9.55. The molecule has 0 rings (SSSR count). The first-order valence-electron chi connectivity index (χ1n) is 6.53. The highest BCUT2D eigenvalue weighted by Crippen LogP contribution is 2.11. The molecule has 0 aromatic rings. The molecule has 0 heterocycles. The predicted octanol–water partition coefficient (Wildman–Crippen LogP) is 5.12. The summed E-state index contributed by atoms with van der Waals surface area (Å²) in [6.07, 6.45) is 10.5. The van der Waals surface area contributed by atoms with Gasteiger partial charge in [0.25, 0.3) is 0 Å². The molecule has 0 atom stereocenters. The smallest absolute Gasteiger partial charge is 0.0363 e. The van der Waals surface area contributed by atoms with Crippen LogP contribution in [0.25, 0.3) is 0 Å². The van der Waals surface area contributed by atoms with Crippen molar-refractivity contribution in [2.24, 2.45) is 4.99 Å². The van der Waals surface area contributed by atoms with Gasteiger partial charge in [-0.05, 0) is 25.7 Å². The minimum atomic E-state index is 1.10. The van der Waals surface area contributed by atoms with E-state index in [1.165, 1.54) is 43.5 Å². The van der Waals surface area contributed by atoms with Crippen LogP contribution < -0.4 is 0 Å². The molecule has 0 aliphatic rings. The number of allylic oxidation sites excluding steroid dienone is 2. The van der Waals surface area contributed by atoms with Gasteiger partial charge in [0.2, 0.25) is 0 Å². The van der Waals surface area contributed by atoms with Gasteiger partial charge in [-0.3, -0.25) is 4.99 Å². The normalized spacial score (nSPS) is 11.6. The number of hydrogen-bond acceptors (Lipinski definition) is 1. The minimum Gasteiger partial charge on any atom is -0.263 e.